The molecule has 0 spiro atoms. The van der Waals surface area contributed by atoms with Crippen LogP contribution in [0.3, 0.4) is 0 Å². The Kier molecular flexibility index (Phi) is 8.71. The molecule has 5 heteroatoms. The normalized spacial score (nSPS) is 25.9. The highest BCUT2D eigenvalue weighted by molar-refractivity contribution is 9.10. The van der Waals surface area contributed by atoms with Crippen LogP contribution in [0.25, 0.3) is 11.1 Å². The average molecular weight is 710 g/mol. The minimum atomic E-state index is -0.418. The zero-order valence-electron chi connectivity index (χ0n) is 18.6. The molecule has 176 valence electrons. The Morgan fingerprint density at radius 1 is 0.706 bits per heavy atom. The number of carbonyl (C=O) groups excluding carboxylic acids is 1. The maximum Gasteiger partial charge on any atom is 0.144 e. The standard InChI is InChI=1S/C29H26Br4O/c30-19-25(28(32)15-11-23(12-16-28)21-7-3-1-4-8-21)27(34)26(20-31)29(33)17-13-24(14-18-29)22-9-5-2-6-10-22/h1-15,17,25-26H,16,18-20H2. The van der Waals surface area contributed by atoms with Crippen molar-refractivity contribution < 1.29 is 4.79 Å². The van der Waals surface area contributed by atoms with Crippen molar-refractivity contribution >= 4 is 80.6 Å². The number of halogens is 4. The van der Waals surface area contributed by atoms with E-state index in [-0.39, 0.29) is 17.6 Å². The van der Waals surface area contributed by atoms with Crippen LogP contribution in [-0.4, -0.2) is 25.1 Å². The van der Waals surface area contributed by atoms with Gasteiger partial charge in [-0.3, -0.25) is 4.79 Å². The predicted molar refractivity (Wildman–Crippen MR) is 159 cm³/mol. The van der Waals surface area contributed by atoms with Gasteiger partial charge in [-0.25, -0.2) is 0 Å². The van der Waals surface area contributed by atoms with Crippen LogP contribution in [0.1, 0.15) is 24.0 Å². The van der Waals surface area contributed by atoms with E-state index in [0.29, 0.717) is 10.7 Å². The molecule has 0 fully saturated rings. The van der Waals surface area contributed by atoms with Gasteiger partial charge in [-0.1, -0.05) is 161 Å². The maximum atomic E-state index is 14.0. The summed E-state index contributed by atoms with van der Waals surface area (Å²) in [5, 5.41) is 1.19. The van der Waals surface area contributed by atoms with E-state index in [2.05, 4.69) is 149 Å². The maximum absolute atomic E-state index is 14.0. The van der Waals surface area contributed by atoms with Crippen LogP contribution < -0.4 is 0 Å². The van der Waals surface area contributed by atoms with Crippen molar-refractivity contribution in [2.45, 2.75) is 21.5 Å². The summed E-state index contributed by atoms with van der Waals surface area (Å²) in [6.07, 6.45) is 14.6. The first-order valence-corrected chi connectivity index (χ1v) is 15.2. The summed E-state index contributed by atoms with van der Waals surface area (Å²) in [7, 11) is 0. The summed E-state index contributed by atoms with van der Waals surface area (Å²) in [5.74, 6) is -0.172. The molecule has 0 heterocycles. The van der Waals surface area contributed by atoms with E-state index in [1.807, 2.05) is 12.1 Å². The Bertz CT molecular complexity index is 1050. The van der Waals surface area contributed by atoms with Crippen molar-refractivity contribution in [3.8, 4) is 0 Å². The Labute approximate surface area is 236 Å². The van der Waals surface area contributed by atoms with E-state index in [1.54, 1.807) is 0 Å². The van der Waals surface area contributed by atoms with Gasteiger partial charge in [-0.2, -0.15) is 0 Å². The lowest BCUT2D eigenvalue weighted by molar-refractivity contribution is -0.126. The minimum absolute atomic E-state index is 0.206. The highest BCUT2D eigenvalue weighted by atomic mass is 79.9. The number of carbonyl (C=O) groups is 1. The molecule has 0 radical (unpaired) electrons. The molecule has 1 nitrogen and oxygen atoms in total. The molecular formula is C29H26Br4O. The van der Waals surface area contributed by atoms with Crippen LogP contribution in [0.5, 0.6) is 0 Å². The number of Topliss-reactive ketones (excluding diaryl/α,β-unsaturated/α-hetero) is 1. The minimum Gasteiger partial charge on any atom is -0.299 e. The van der Waals surface area contributed by atoms with E-state index in [1.165, 1.54) is 22.3 Å². The molecule has 0 saturated heterocycles. The van der Waals surface area contributed by atoms with Gasteiger partial charge in [0.05, 0.1) is 8.65 Å². The zero-order valence-corrected chi connectivity index (χ0v) is 25.0. The quantitative estimate of drug-likeness (QED) is 0.250. The molecule has 0 bridgehead atoms. The summed E-state index contributed by atoms with van der Waals surface area (Å²) in [6, 6.07) is 20.7. The molecule has 2 aliphatic rings. The van der Waals surface area contributed by atoms with Gasteiger partial charge in [0, 0.05) is 22.5 Å². The Hall–Kier alpha value is -1.01. The number of benzene rings is 2. The molecule has 4 unspecified atom stereocenters. The summed E-state index contributed by atoms with van der Waals surface area (Å²) in [5.41, 5.74) is 4.78. The van der Waals surface area contributed by atoms with Crippen molar-refractivity contribution in [1.29, 1.82) is 0 Å². The fourth-order valence-corrected chi connectivity index (χ4v) is 8.62. The molecule has 0 saturated carbocycles. The van der Waals surface area contributed by atoms with Crippen LogP contribution in [-0.2, 0) is 4.79 Å². The molecule has 0 amide bonds. The molecule has 0 N–H and O–H groups in total. The highest BCUT2D eigenvalue weighted by Gasteiger charge is 2.46. The van der Waals surface area contributed by atoms with Gasteiger partial charge in [-0.15, -0.1) is 0 Å². The van der Waals surface area contributed by atoms with Crippen LogP contribution in [0, 0.1) is 11.8 Å². The lowest BCUT2D eigenvalue weighted by Crippen LogP contribution is -2.46. The monoisotopic (exact) mass is 706 g/mol. The molecular weight excluding hydrogens is 684 g/mol. The fraction of sp³-hybridized carbons (Fsp3) is 0.276. The highest BCUT2D eigenvalue weighted by Crippen LogP contribution is 2.46. The van der Waals surface area contributed by atoms with Gasteiger partial charge in [0.1, 0.15) is 5.78 Å². The molecule has 34 heavy (non-hydrogen) atoms. The van der Waals surface area contributed by atoms with E-state index in [4.69, 9.17) is 0 Å². The largest absolute Gasteiger partial charge is 0.299 e. The summed E-state index contributed by atoms with van der Waals surface area (Å²) in [4.78, 5) is 14.0. The molecule has 0 aromatic heterocycles. The zero-order chi connectivity index (χ0) is 24.2. The van der Waals surface area contributed by atoms with E-state index >= 15 is 0 Å². The first-order chi connectivity index (χ1) is 16.4. The van der Waals surface area contributed by atoms with Gasteiger partial charge in [0.15, 0.2) is 0 Å². The van der Waals surface area contributed by atoms with Crippen LogP contribution in [0.4, 0.5) is 0 Å². The molecule has 2 aliphatic carbocycles. The number of allylic oxidation sites excluding steroid dienone is 8. The van der Waals surface area contributed by atoms with Gasteiger partial charge >= 0.3 is 0 Å². The van der Waals surface area contributed by atoms with Gasteiger partial charge < -0.3 is 0 Å². The van der Waals surface area contributed by atoms with Gasteiger partial charge in [-0.05, 0) is 35.1 Å². The van der Waals surface area contributed by atoms with Crippen molar-refractivity contribution in [3.63, 3.8) is 0 Å². The number of hydrogen-bond donors (Lipinski definition) is 0. The Morgan fingerprint density at radius 2 is 1.09 bits per heavy atom. The van der Waals surface area contributed by atoms with E-state index in [9.17, 15) is 4.79 Å². The molecule has 0 aliphatic heterocycles. The second-order valence-electron chi connectivity index (χ2n) is 8.80. The van der Waals surface area contributed by atoms with E-state index < -0.39 is 8.65 Å². The lowest BCUT2D eigenvalue weighted by atomic mass is 9.74. The first-order valence-electron chi connectivity index (χ1n) is 11.3. The van der Waals surface area contributed by atoms with Crippen LogP contribution >= 0.6 is 63.7 Å². The van der Waals surface area contributed by atoms with Crippen molar-refractivity contribution in [1.82, 2.24) is 0 Å². The van der Waals surface area contributed by atoms with Crippen molar-refractivity contribution in [2.75, 3.05) is 10.7 Å². The predicted octanol–water partition coefficient (Wildman–Crippen LogP) is 8.93. The summed E-state index contributed by atoms with van der Waals surface area (Å²) < 4.78 is -0.835. The van der Waals surface area contributed by atoms with Crippen molar-refractivity contribution in [3.05, 3.63) is 108 Å². The molecule has 2 aromatic carbocycles. The molecule has 4 rings (SSSR count). The SMILES string of the molecule is O=C(C(CBr)C1(Br)C=CC(c2ccccc2)=CC1)C(CBr)C1(Br)C=CC(c2ccccc2)=CC1. The van der Waals surface area contributed by atoms with Gasteiger partial charge in [0.25, 0.3) is 0 Å². The second kappa shape index (κ2) is 11.4. The third kappa shape index (κ3) is 5.53. The number of hydrogen-bond acceptors (Lipinski definition) is 1. The lowest BCUT2D eigenvalue weighted by Gasteiger charge is -2.39. The third-order valence-corrected chi connectivity index (χ3v) is 10.3. The second-order valence-corrected chi connectivity index (χ2v) is 13.0. The van der Waals surface area contributed by atoms with E-state index in [0.717, 1.165) is 12.8 Å². The number of rotatable bonds is 8. The number of alkyl halides is 4. The third-order valence-electron chi connectivity index (χ3n) is 6.72. The molecule has 2 aromatic rings. The number of ketones is 1. The van der Waals surface area contributed by atoms with Crippen LogP contribution in [0.2, 0.25) is 0 Å². The topological polar surface area (TPSA) is 17.1 Å². The van der Waals surface area contributed by atoms with Crippen LogP contribution in [0.15, 0.2) is 97.1 Å². The summed E-state index contributed by atoms with van der Waals surface area (Å²) in [6.45, 7) is 0. The Balaban J connectivity index is 1.52. The fourth-order valence-electron chi connectivity index (χ4n) is 4.59. The summed E-state index contributed by atoms with van der Waals surface area (Å²) >= 11 is 15.2. The first kappa shape index (κ1) is 26.1. The molecule has 4 atom stereocenters. The Morgan fingerprint density at radius 3 is 1.38 bits per heavy atom. The average Bonchev–Trinajstić information content (AvgIpc) is 2.87. The van der Waals surface area contributed by atoms with Crippen molar-refractivity contribution in [2.24, 2.45) is 11.8 Å². The van der Waals surface area contributed by atoms with Gasteiger partial charge in [0.2, 0.25) is 0 Å². The smallest absolute Gasteiger partial charge is 0.144 e.